The Morgan fingerprint density at radius 2 is 1.64 bits per heavy atom. The molecule has 1 aromatic heterocycles. The van der Waals surface area contributed by atoms with Gasteiger partial charge in [0.25, 0.3) is 5.91 Å². The summed E-state index contributed by atoms with van der Waals surface area (Å²) < 4.78 is 7.66. The first-order chi connectivity index (χ1) is 15.9. The number of hydrogen-bond acceptors (Lipinski definition) is 3. The molecular formula is C26H23Cl2N3O2. The maximum atomic E-state index is 12.7. The molecule has 0 radical (unpaired) electrons. The van der Waals surface area contributed by atoms with Gasteiger partial charge >= 0.3 is 0 Å². The third-order valence-corrected chi connectivity index (χ3v) is 5.90. The number of nitrogens with zero attached hydrogens (tertiary/aromatic N) is 2. The lowest BCUT2D eigenvalue weighted by Gasteiger charge is -2.09. The third-order valence-electron chi connectivity index (χ3n) is 5.22. The average Bonchev–Trinajstić information content (AvgIpc) is 3.14. The lowest BCUT2D eigenvalue weighted by atomic mass is 10.1. The van der Waals surface area contributed by atoms with Gasteiger partial charge in [0.1, 0.15) is 12.4 Å². The van der Waals surface area contributed by atoms with Crippen molar-refractivity contribution in [2.45, 2.75) is 27.0 Å². The molecular weight excluding hydrogens is 457 g/mol. The van der Waals surface area contributed by atoms with Crippen LogP contribution < -0.4 is 10.1 Å². The van der Waals surface area contributed by atoms with Crippen molar-refractivity contribution < 1.29 is 9.53 Å². The van der Waals surface area contributed by atoms with Crippen molar-refractivity contribution in [2.75, 3.05) is 5.32 Å². The minimum Gasteiger partial charge on any atom is -0.489 e. The SMILES string of the molecule is Cc1cc(OCc2ccc(C(=O)Nc3cc(C)n(Cc4ccc(Cl)cc4)n3)cc2)ccc1Cl. The highest BCUT2D eigenvalue weighted by molar-refractivity contribution is 6.31. The molecule has 0 fully saturated rings. The summed E-state index contributed by atoms with van der Waals surface area (Å²) in [6.45, 7) is 4.89. The van der Waals surface area contributed by atoms with Crippen molar-refractivity contribution in [1.82, 2.24) is 9.78 Å². The van der Waals surface area contributed by atoms with Gasteiger partial charge in [0.2, 0.25) is 0 Å². The Morgan fingerprint density at radius 1 is 0.939 bits per heavy atom. The van der Waals surface area contributed by atoms with Crippen molar-refractivity contribution in [3.05, 3.63) is 111 Å². The molecule has 0 atom stereocenters. The summed E-state index contributed by atoms with van der Waals surface area (Å²) in [6, 6.07) is 22.3. The largest absolute Gasteiger partial charge is 0.489 e. The molecule has 168 valence electrons. The predicted octanol–water partition coefficient (Wildman–Crippen LogP) is 6.69. The smallest absolute Gasteiger partial charge is 0.256 e. The van der Waals surface area contributed by atoms with E-state index in [2.05, 4.69) is 10.4 Å². The maximum Gasteiger partial charge on any atom is 0.256 e. The second-order valence-corrected chi connectivity index (χ2v) is 8.65. The van der Waals surface area contributed by atoms with E-state index in [1.165, 1.54) is 0 Å². The van der Waals surface area contributed by atoms with Crippen LogP contribution in [0.3, 0.4) is 0 Å². The van der Waals surface area contributed by atoms with Gasteiger partial charge in [-0.2, -0.15) is 5.10 Å². The number of rotatable bonds is 7. The van der Waals surface area contributed by atoms with Crippen LogP contribution in [0.15, 0.2) is 72.8 Å². The van der Waals surface area contributed by atoms with E-state index in [-0.39, 0.29) is 5.91 Å². The molecule has 5 nitrogen and oxygen atoms in total. The average molecular weight is 480 g/mol. The summed E-state index contributed by atoms with van der Waals surface area (Å²) >= 11 is 12.0. The van der Waals surface area contributed by atoms with E-state index in [4.69, 9.17) is 27.9 Å². The molecule has 3 aromatic carbocycles. The number of nitrogens with one attached hydrogen (secondary N) is 1. The molecule has 1 N–H and O–H groups in total. The van der Waals surface area contributed by atoms with Gasteiger partial charge in [-0.25, -0.2) is 0 Å². The minimum absolute atomic E-state index is 0.216. The van der Waals surface area contributed by atoms with E-state index in [1.807, 2.05) is 79.2 Å². The first-order valence-electron chi connectivity index (χ1n) is 10.5. The number of benzene rings is 3. The topological polar surface area (TPSA) is 56.1 Å². The number of aromatic nitrogens is 2. The zero-order valence-electron chi connectivity index (χ0n) is 18.3. The van der Waals surface area contributed by atoms with Crippen molar-refractivity contribution in [3.63, 3.8) is 0 Å². The molecule has 4 rings (SSSR count). The van der Waals surface area contributed by atoms with E-state index in [0.29, 0.717) is 34.6 Å². The Bertz CT molecular complexity index is 1270. The zero-order valence-corrected chi connectivity index (χ0v) is 19.8. The van der Waals surface area contributed by atoms with Crippen LogP contribution in [0.25, 0.3) is 0 Å². The van der Waals surface area contributed by atoms with Crippen LogP contribution in [0.4, 0.5) is 5.82 Å². The Balaban J connectivity index is 1.35. The highest BCUT2D eigenvalue weighted by Gasteiger charge is 2.11. The Morgan fingerprint density at radius 3 is 2.33 bits per heavy atom. The first-order valence-corrected chi connectivity index (χ1v) is 11.2. The predicted molar refractivity (Wildman–Crippen MR) is 132 cm³/mol. The lowest BCUT2D eigenvalue weighted by molar-refractivity contribution is 0.102. The van der Waals surface area contributed by atoms with E-state index in [9.17, 15) is 4.79 Å². The number of aryl methyl sites for hydroxylation is 2. The van der Waals surface area contributed by atoms with Crippen LogP contribution in [0.1, 0.15) is 32.7 Å². The fourth-order valence-corrected chi connectivity index (χ4v) is 3.55. The monoisotopic (exact) mass is 479 g/mol. The molecule has 0 spiro atoms. The number of carbonyl (C=O) groups excluding carboxylic acids is 1. The molecule has 33 heavy (non-hydrogen) atoms. The molecule has 1 heterocycles. The van der Waals surface area contributed by atoms with E-state index in [0.717, 1.165) is 28.1 Å². The standard InChI is InChI=1S/C26H23Cl2N3O2/c1-17-13-23(11-12-24(17)28)33-16-20-3-7-21(8-4-20)26(32)29-25-14-18(2)31(30-25)15-19-5-9-22(27)10-6-19/h3-14H,15-16H2,1-2H3,(H,29,30,32). The van der Waals surface area contributed by atoms with Gasteiger partial charge in [-0.1, -0.05) is 47.5 Å². The molecule has 0 aliphatic heterocycles. The summed E-state index contributed by atoms with van der Waals surface area (Å²) in [5, 5.41) is 8.78. The number of amides is 1. The summed E-state index contributed by atoms with van der Waals surface area (Å²) in [4.78, 5) is 12.7. The molecule has 0 bridgehead atoms. The number of carbonyl (C=O) groups is 1. The highest BCUT2D eigenvalue weighted by atomic mass is 35.5. The van der Waals surface area contributed by atoms with Gasteiger partial charge in [0, 0.05) is 27.4 Å². The number of ether oxygens (including phenoxy) is 1. The molecule has 4 aromatic rings. The Kier molecular flexibility index (Phi) is 7.02. The van der Waals surface area contributed by atoms with E-state index < -0.39 is 0 Å². The fourth-order valence-electron chi connectivity index (χ4n) is 3.31. The number of halogens is 2. The molecule has 0 unspecified atom stereocenters. The summed E-state index contributed by atoms with van der Waals surface area (Å²) in [5.41, 5.74) is 4.50. The van der Waals surface area contributed by atoms with Gasteiger partial charge < -0.3 is 10.1 Å². The maximum absolute atomic E-state index is 12.7. The van der Waals surface area contributed by atoms with E-state index >= 15 is 0 Å². The van der Waals surface area contributed by atoms with Crippen LogP contribution in [0.5, 0.6) is 5.75 Å². The normalized spacial score (nSPS) is 10.8. The van der Waals surface area contributed by atoms with Crippen molar-refractivity contribution in [2.24, 2.45) is 0 Å². The fraction of sp³-hybridized carbons (Fsp3) is 0.154. The Hall–Kier alpha value is -3.28. The van der Waals surface area contributed by atoms with Crippen molar-refractivity contribution in [3.8, 4) is 5.75 Å². The van der Waals surface area contributed by atoms with Crippen LogP contribution in [-0.4, -0.2) is 15.7 Å². The quantitative estimate of drug-likeness (QED) is 0.321. The summed E-state index contributed by atoms with van der Waals surface area (Å²) in [6.07, 6.45) is 0. The summed E-state index contributed by atoms with van der Waals surface area (Å²) in [7, 11) is 0. The van der Waals surface area contributed by atoms with E-state index in [1.54, 1.807) is 12.1 Å². The molecule has 0 aliphatic carbocycles. The second-order valence-electron chi connectivity index (χ2n) is 7.81. The van der Waals surface area contributed by atoms with Gasteiger partial charge in [0.15, 0.2) is 5.82 Å². The molecule has 1 amide bonds. The van der Waals surface area contributed by atoms with Gasteiger partial charge in [-0.15, -0.1) is 0 Å². The van der Waals surface area contributed by atoms with Gasteiger partial charge in [-0.05, 0) is 73.0 Å². The molecule has 0 saturated heterocycles. The molecule has 7 heteroatoms. The van der Waals surface area contributed by atoms with Gasteiger partial charge in [-0.3, -0.25) is 9.48 Å². The second kappa shape index (κ2) is 10.1. The Labute approximate surface area is 202 Å². The molecule has 0 saturated carbocycles. The number of hydrogen-bond donors (Lipinski definition) is 1. The van der Waals surface area contributed by atoms with Crippen LogP contribution in [-0.2, 0) is 13.2 Å². The third kappa shape index (κ3) is 5.95. The highest BCUT2D eigenvalue weighted by Crippen LogP contribution is 2.22. The van der Waals surface area contributed by atoms with Crippen molar-refractivity contribution >= 4 is 34.9 Å². The zero-order chi connectivity index (χ0) is 23.4. The minimum atomic E-state index is -0.216. The lowest BCUT2D eigenvalue weighted by Crippen LogP contribution is -2.13. The van der Waals surface area contributed by atoms with Crippen LogP contribution >= 0.6 is 23.2 Å². The van der Waals surface area contributed by atoms with Gasteiger partial charge in [0.05, 0.1) is 6.54 Å². The summed E-state index contributed by atoms with van der Waals surface area (Å²) in [5.74, 6) is 1.05. The van der Waals surface area contributed by atoms with Crippen LogP contribution in [0, 0.1) is 13.8 Å². The van der Waals surface area contributed by atoms with Crippen molar-refractivity contribution in [1.29, 1.82) is 0 Å². The van der Waals surface area contributed by atoms with Crippen LogP contribution in [0.2, 0.25) is 10.0 Å². The first kappa shape index (κ1) is 22.9. The molecule has 0 aliphatic rings. The number of anilines is 1.